The van der Waals surface area contributed by atoms with E-state index in [1.807, 2.05) is 43.3 Å². The lowest BCUT2D eigenvalue weighted by molar-refractivity contribution is 0.102. The minimum absolute atomic E-state index is 0.283. The summed E-state index contributed by atoms with van der Waals surface area (Å²) in [5.74, 6) is 0.834. The summed E-state index contributed by atoms with van der Waals surface area (Å²) in [6.45, 7) is 4.21. The first-order valence-electron chi connectivity index (χ1n) is 9.79. The van der Waals surface area contributed by atoms with Crippen molar-refractivity contribution in [3.8, 4) is 11.5 Å². The number of nitrogens with one attached hydrogen (secondary N) is 1. The molecule has 0 aliphatic carbocycles. The van der Waals surface area contributed by atoms with Crippen LogP contribution in [0.3, 0.4) is 0 Å². The zero-order chi connectivity index (χ0) is 21.4. The molecule has 1 N–H and O–H groups in total. The van der Waals surface area contributed by atoms with Crippen molar-refractivity contribution < 1.29 is 13.7 Å². The van der Waals surface area contributed by atoms with Crippen LogP contribution >= 0.6 is 0 Å². The molecule has 5 aromatic rings. The summed E-state index contributed by atoms with van der Waals surface area (Å²) in [7, 11) is 0. The van der Waals surface area contributed by atoms with E-state index in [1.54, 1.807) is 36.1 Å². The Balaban J connectivity index is 1.52. The van der Waals surface area contributed by atoms with Crippen molar-refractivity contribution in [3.63, 3.8) is 0 Å². The summed E-state index contributed by atoms with van der Waals surface area (Å²) >= 11 is 0. The van der Waals surface area contributed by atoms with Crippen LogP contribution in [0.5, 0.6) is 0 Å². The maximum absolute atomic E-state index is 13.3. The van der Waals surface area contributed by atoms with Crippen molar-refractivity contribution >= 4 is 22.8 Å². The highest BCUT2D eigenvalue weighted by Crippen LogP contribution is 2.28. The van der Waals surface area contributed by atoms with Crippen molar-refractivity contribution in [2.75, 3.05) is 5.32 Å². The largest absolute Gasteiger partial charge is 0.463 e. The zero-order valence-corrected chi connectivity index (χ0v) is 17.0. The molecule has 5 rings (SSSR count). The smallest absolute Gasteiger partial charge is 0.259 e. The number of nitrogens with zero attached hydrogens (tertiary/aromatic N) is 4. The van der Waals surface area contributed by atoms with E-state index in [4.69, 9.17) is 8.94 Å². The lowest BCUT2D eigenvalue weighted by atomic mass is 10.1. The van der Waals surface area contributed by atoms with Gasteiger partial charge < -0.3 is 14.3 Å². The summed E-state index contributed by atoms with van der Waals surface area (Å²) in [6.07, 6.45) is 1.55. The number of pyridine rings is 1. The van der Waals surface area contributed by atoms with E-state index in [-0.39, 0.29) is 11.6 Å². The lowest BCUT2D eigenvalue weighted by Gasteiger charge is -2.10. The molecule has 0 bridgehead atoms. The number of aryl methyl sites for hydroxylation is 2. The van der Waals surface area contributed by atoms with Gasteiger partial charge in [0.2, 0.25) is 0 Å². The number of hydrogen-bond donors (Lipinski definition) is 1. The van der Waals surface area contributed by atoms with Crippen LogP contribution < -0.4 is 5.32 Å². The molecular formula is C23H19N5O3. The Bertz CT molecular complexity index is 1370. The molecule has 1 aromatic carbocycles. The highest BCUT2D eigenvalue weighted by atomic mass is 16.5. The minimum atomic E-state index is -0.305. The van der Waals surface area contributed by atoms with E-state index in [0.717, 1.165) is 11.3 Å². The average Bonchev–Trinajstić information content (AvgIpc) is 3.50. The van der Waals surface area contributed by atoms with Gasteiger partial charge in [-0.2, -0.15) is 5.10 Å². The quantitative estimate of drug-likeness (QED) is 0.452. The number of anilines is 1. The number of benzene rings is 1. The Hall–Kier alpha value is -4.20. The van der Waals surface area contributed by atoms with Crippen LogP contribution in [0.25, 0.3) is 22.6 Å². The fourth-order valence-electron chi connectivity index (χ4n) is 3.53. The van der Waals surface area contributed by atoms with Gasteiger partial charge in [0.1, 0.15) is 11.5 Å². The van der Waals surface area contributed by atoms with E-state index in [0.29, 0.717) is 40.5 Å². The van der Waals surface area contributed by atoms with Crippen molar-refractivity contribution in [1.82, 2.24) is 19.9 Å². The normalized spacial score (nSPS) is 11.2. The van der Waals surface area contributed by atoms with E-state index in [9.17, 15) is 4.79 Å². The van der Waals surface area contributed by atoms with E-state index in [1.165, 1.54) is 0 Å². The zero-order valence-electron chi connectivity index (χ0n) is 17.0. The lowest BCUT2D eigenvalue weighted by Crippen LogP contribution is -2.17. The second-order valence-electron chi connectivity index (χ2n) is 7.25. The number of carbonyl (C=O) groups is 1. The average molecular weight is 413 g/mol. The van der Waals surface area contributed by atoms with Crippen LogP contribution in [0.15, 0.2) is 69.8 Å². The Morgan fingerprint density at radius 1 is 1.10 bits per heavy atom. The third kappa shape index (κ3) is 3.59. The molecule has 4 aromatic heterocycles. The van der Waals surface area contributed by atoms with Crippen LogP contribution in [0.1, 0.15) is 27.3 Å². The molecule has 154 valence electrons. The Morgan fingerprint density at radius 3 is 2.71 bits per heavy atom. The number of fused-ring (bicyclic) bond motifs is 1. The van der Waals surface area contributed by atoms with Gasteiger partial charge in [0.25, 0.3) is 11.6 Å². The monoisotopic (exact) mass is 413 g/mol. The molecule has 0 saturated heterocycles. The number of hydrogen-bond acceptors (Lipinski definition) is 6. The fraction of sp³-hybridized carbons (Fsp3) is 0.130. The van der Waals surface area contributed by atoms with Gasteiger partial charge in [-0.05, 0) is 37.6 Å². The van der Waals surface area contributed by atoms with Crippen molar-refractivity contribution in [2.24, 2.45) is 0 Å². The molecule has 0 saturated carbocycles. The Labute approximate surface area is 177 Å². The molecule has 0 radical (unpaired) electrons. The first kappa shape index (κ1) is 18.8. The van der Waals surface area contributed by atoms with Gasteiger partial charge in [-0.15, -0.1) is 0 Å². The summed E-state index contributed by atoms with van der Waals surface area (Å²) in [5.41, 5.74) is 3.66. The SMILES string of the molecule is Cc1cc(NC(=O)c2cc(-c3ccco3)nc3onc(C)c23)n(Cc2ccccc2)n1. The van der Waals surface area contributed by atoms with Crippen LogP contribution in [-0.4, -0.2) is 25.8 Å². The van der Waals surface area contributed by atoms with Crippen LogP contribution in [-0.2, 0) is 6.54 Å². The van der Waals surface area contributed by atoms with Crippen molar-refractivity contribution in [1.29, 1.82) is 0 Å². The predicted octanol–water partition coefficient (Wildman–Crippen LogP) is 4.60. The van der Waals surface area contributed by atoms with Crippen molar-refractivity contribution in [2.45, 2.75) is 20.4 Å². The molecule has 0 aliphatic heterocycles. The highest BCUT2D eigenvalue weighted by molar-refractivity contribution is 6.12. The van der Waals surface area contributed by atoms with Crippen LogP contribution in [0.4, 0.5) is 5.82 Å². The van der Waals surface area contributed by atoms with Gasteiger partial charge in [0.15, 0.2) is 5.76 Å². The number of furan rings is 1. The van der Waals surface area contributed by atoms with E-state index >= 15 is 0 Å². The molecule has 0 aliphatic rings. The minimum Gasteiger partial charge on any atom is -0.463 e. The number of amides is 1. The van der Waals surface area contributed by atoms with Gasteiger partial charge in [0, 0.05) is 6.07 Å². The van der Waals surface area contributed by atoms with Crippen molar-refractivity contribution in [3.05, 3.63) is 83.4 Å². The number of rotatable bonds is 5. The summed E-state index contributed by atoms with van der Waals surface area (Å²) < 4.78 is 12.6. The molecule has 0 atom stereocenters. The second kappa shape index (κ2) is 7.56. The maximum atomic E-state index is 13.3. The number of aromatic nitrogens is 4. The van der Waals surface area contributed by atoms with Gasteiger partial charge in [-0.25, -0.2) is 9.67 Å². The van der Waals surface area contributed by atoms with Gasteiger partial charge >= 0.3 is 0 Å². The maximum Gasteiger partial charge on any atom is 0.259 e. The first-order valence-corrected chi connectivity index (χ1v) is 9.79. The molecule has 31 heavy (non-hydrogen) atoms. The predicted molar refractivity (Wildman–Crippen MR) is 115 cm³/mol. The molecule has 1 amide bonds. The number of carbonyl (C=O) groups excluding carboxylic acids is 1. The van der Waals surface area contributed by atoms with E-state index < -0.39 is 0 Å². The third-order valence-corrected chi connectivity index (χ3v) is 4.95. The Kier molecular flexibility index (Phi) is 4.59. The highest BCUT2D eigenvalue weighted by Gasteiger charge is 2.21. The fourth-order valence-corrected chi connectivity index (χ4v) is 3.53. The summed E-state index contributed by atoms with van der Waals surface area (Å²) in [6, 6.07) is 17.0. The van der Waals surface area contributed by atoms with Gasteiger partial charge in [0.05, 0.1) is 35.1 Å². The standard InChI is InChI=1S/C23H19N5O3/c1-14-11-20(28(26-14)13-16-7-4-3-5-8-16)25-22(29)17-12-18(19-9-6-10-30-19)24-23-21(17)15(2)27-31-23/h3-12H,13H2,1-2H3,(H,25,29). The molecule has 0 fully saturated rings. The molecule has 8 heteroatoms. The second-order valence-corrected chi connectivity index (χ2v) is 7.25. The molecule has 0 unspecified atom stereocenters. The van der Waals surface area contributed by atoms with Crippen LogP contribution in [0.2, 0.25) is 0 Å². The van der Waals surface area contributed by atoms with Gasteiger partial charge in [-0.3, -0.25) is 4.79 Å². The van der Waals surface area contributed by atoms with Gasteiger partial charge in [-0.1, -0.05) is 35.5 Å². The summed E-state index contributed by atoms with van der Waals surface area (Å²) in [5, 5.41) is 12.1. The molecule has 8 nitrogen and oxygen atoms in total. The summed E-state index contributed by atoms with van der Waals surface area (Å²) in [4.78, 5) is 17.8. The molecular weight excluding hydrogens is 394 g/mol. The topological polar surface area (TPSA) is 99.0 Å². The Morgan fingerprint density at radius 2 is 1.94 bits per heavy atom. The van der Waals surface area contributed by atoms with Crippen LogP contribution in [0, 0.1) is 13.8 Å². The third-order valence-electron chi connectivity index (χ3n) is 4.95. The first-order chi connectivity index (χ1) is 15.1. The molecule has 0 spiro atoms. The van der Waals surface area contributed by atoms with E-state index in [2.05, 4.69) is 20.6 Å². The molecule has 4 heterocycles.